The van der Waals surface area contributed by atoms with E-state index in [1.807, 2.05) is 0 Å². The molecular weight excluding hydrogens is 381 g/mol. The van der Waals surface area contributed by atoms with Crippen molar-refractivity contribution in [2.24, 2.45) is 0 Å². The van der Waals surface area contributed by atoms with Gasteiger partial charge in [-0.3, -0.25) is 0 Å². The number of rotatable bonds is 4. The number of carbonyl (C=O) groups excluding carboxylic acids is 1. The molecule has 0 saturated carbocycles. The van der Waals surface area contributed by atoms with Crippen LogP contribution in [0.15, 0.2) is 47.4 Å². The molecule has 0 aromatic heterocycles. The van der Waals surface area contributed by atoms with E-state index in [1.54, 1.807) is 18.2 Å². The van der Waals surface area contributed by atoms with Crippen LogP contribution in [0.25, 0.3) is 0 Å². The summed E-state index contributed by atoms with van der Waals surface area (Å²) in [6, 6.07) is 9.55. The maximum atomic E-state index is 14.2. The van der Waals surface area contributed by atoms with Crippen molar-refractivity contribution in [1.82, 2.24) is 4.31 Å². The number of nitrogens with zero attached hydrogens (tertiary/aromatic N) is 1. The van der Waals surface area contributed by atoms with E-state index < -0.39 is 26.7 Å². The lowest BCUT2D eigenvalue weighted by molar-refractivity contribution is 0.0734. The monoisotopic (exact) mass is 397 g/mol. The first-order valence-corrected chi connectivity index (χ1v) is 9.98. The molecule has 2 aromatic carbocycles. The summed E-state index contributed by atoms with van der Waals surface area (Å²) in [6.45, 7) is 0.687. The van der Waals surface area contributed by atoms with Gasteiger partial charge in [-0.05, 0) is 43.2 Å². The summed E-state index contributed by atoms with van der Waals surface area (Å²) in [7, 11) is -4.01. The molecule has 0 amide bonds. The molecule has 0 N–H and O–H groups in total. The van der Waals surface area contributed by atoms with Gasteiger partial charge >= 0.3 is 5.97 Å². The maximum Gasteiger partial charge on any atom is 0.343 e. The lowest BCUT2D eigenvalue weighted by atomic mass is 10.2. The van der Waals surface area contributed by atoms with Gasteiger partial charge in [-0.2, -0.15) is 4.31 Å². The Morgan fingerprint density at radius 3 is 2.46 bits per heavy atom. The zero-order chi connectivity index (χ0) is 18.7. The summed E-state index contributed by atoms with van der Waals surface area (Å²) in [4.78, 5) is 11.8. The zero-order valence-corrected chi connectivity index (χ0v) is 15.4. The molecule has 0 aliphatic carbocycles. The third-order valence-corrected chi connectivity index (χ3v) is 6.36. The lowest BCUT2D eigenvalue weighted by Crippen LogP contribution is -2.36. The highest BCUT2D eigenvalue weighted by atomic mass is 35.5. The SMILES string of the molecule is O=C(Oc1ccccc1Cl)c1ccc(F)c(S(=O)(=O)N2CCCCC2)c1. The number of benzene rings is 2. The molecule has 5 nitrogen and oxygen atoms in total. The van der Waals surface area contributed by atoms with Crippen LogP contribution in [0.3, 0.4) is 0 Å². The van der Waals surface area contributed by atoms with E-state index in [0.717, 1.165) is 31.4 Å². The number of ether oxygens (including phenoxy) is 1. The predicted molar refractivity (Wildman–Crippen MR) is 95.4 cm³/mol. The van der Waals surface area contributed by atoms with Gasteiger partial charge in [0.1, 0.15) is 16.5 Å². The van der Waals surface area contributed by atoms with Crippen LogP contribution in [-0.2, 0) is 10.0 Å². The third-order valence-electron chi connectivity index (χ3n) is 4.14. The zero-order valence-electron chi connectivity index (χ0n) is 13.8. The van der Waals surface area contributed by atoms with Gasteiger partial charge in [-0.25, -0.2) is 17.6 Å². The van der Waals surface area contributed by atoms with E-state index in [0.29, 0.717) is 13.1 Å². The Morgan fingerprint density at radius 1 is 1.08 bits per heavy atom. The molecule has 1 fully saturated rings. The Labute approximate surface area is 156 Å². The van der Waals surface area contributed by atoms with Gasteiger partial charge in [0.2, 0.25) is 10.0 Å². The minimum Gasteiger partial charge on any atom is -0.421 e. The molecule has 0 bridgehead atoms. The number of carbonyl (C=O) groups is 1. The largest absolute Gasteiger partial charge is 0.421 e. The molecule has 0 unspecified atom stereocenters. The standard InChI is InChI=1S/C18H17ClFNO4S/c19-14-6-2-3-7-16(14)25-18(22)13-8-9-15(20)17(12-13)26(23,24)21-10-4-1-5-11-21/h2-3,6-9,12H,1,4-5,10-11H2. The molecule has 0 radical (unpaired) electrons. The minimum atomic E-state index is -4.01. The molecule has 3 rings (SSSR count). The highest BCUT2D eigenvalue weighted by Crippen LogP contribution is 2.26. The van der Waals surface area contributed by atoms with Crippen molar-refractivity contribution in [1.29, 1.82) is 0 Å². The second-order valence-corrected chi connectivity index (χ2v) is 8.24. The van der Waals surface area contributed by atoms with Crippen molar-refractivity contribution < 1.29 is 22.3 Å². The van der Waals surface area contributed by atoms with E-state index in [9.17, 15) is 17.6 Å². The molecule has 26 heavy (non-hydrogen) atoms. The van der Waals surface area contributed by atoms with Crippen LogP contribution in [0.2, 0.25) is 5.02 Å². The normalized spacial score (nSPS) is 15.6. The van der Waals surface area contributed by atoms with Crippen LogP contribution >= 0.6 is 11.6 Å². The molecule has 0 atom stereocenters. The van der Waals surface area contributed by atoms with Crippen molar-refractivity contribution >= 4 is 27.6 Å². The predicted octanol–water partition coefficient (Wildman–Crippen LogP) is 3.87. The minimum absolute atomic E-state index is 0.0677. The first-order chi connectivity index (χ1) is 12.4. The number of esters is 1. The van der Waals surface area contributed by atoms with Gasteiger partial charge in [0, 0.05) is 13.1 Å². The number of hydrogen-bond donors (Lipinski definition) is 0. The van der Waals surface area contributed by atoms with Crippen LogP contribution in [0.5, 0.6) is 5.75 Å². The summed E-state index contributed by atoms with van der Waals surface area (Å²) >= 11 is 5.95. The van der Waals surface area contributed by atoms with Gasteiger partial charge < -0.3 is 4.74 Å². The number of hydrogen-bond acceptors (Lipinski definition) is 4. The second-order valence-electron chi connectivity index (χ2n) is 5.93. The summed E-state index contributed by atoms with van der Waals surface area (Å²) < 4.78 is 46.0. The molecule has 138 valence electrons. The van der Waals surface area contributed by atoms with Crippen LogP contribution in [0, 0.1) is 5.82 Å². The Hall–Kier alpha value is -1.96. The van der Waals surface area contributed by atoms with E-state index in [4.69, 9.17) is 16.3 Å². The average Bonchev–Trinajstić information content (AvgIpc) is 2.64. The highest BCUT2D eigenvalue weighted by molar-refractivity contribution is 7.89. The van der Waals surface area contributed by atoms with E-state index in [-0.39, 0.29) is 16.3 Å². The summed E-state index contributed by atoms with van der Waals surface area (Å²) in [5.41, 5.74) is -0.0677. The summed E-state index contributed by atoms with van der Waals surface area (Å²) in [5.74, 6) is -1.57. The van der Waals surface area contributed by atoms with Crippen LogP contribution in [0.4, 0.5) is 4.39 Å². The van der Waals surface area contributed by atoms with Crippen molar-refractivity contribution in [3.8, 4) is 5.75 Å². The van der Waals surface area contributed by atoms with Gasteiger partial charge in [0.05, 0.1) is 10.6 Å². The van der Waals surface area contributed by atoms with Crippen LogP contribution in [-0.4, -0.2) is 31.8 Å². The van der Waals surface area contributed by atoms with E-state index >= 15 is 0 Å². The highest BCUT2D eigenvalue weighted by Gasteiger charge is 2.29. The smallest absolute Gasteiger partial charge is 0.343 e. The Bertz CT molecular complexity index is 927. The van der Waals surface area contributed by atoms with Crippen LogP contribution < -0.4 is 4.74 Å². The van der Waals surface area contributed by atoms with E-state index in [2.05, 4.69) is 0 Å². The van der Waals surface area contributed by atoms with Crippen molar-refractivity contribution in [2.75, 3.05) is 13.1 Å². The first-order valence-electron chi connectivity index (χ1n) is 8.16. The molecule has 1 aliphatic rings. The molecule has 8 heteroatoms. The fourth-order valence-electron chi connectivity index (χ4n) is 2.76. The summed E-state index contributed by atoms with van der Waals surface area (Å²) in [6.07, 6.45) is 2.41. The second kappa shape index (κ2) is 7.73. The van der Waals surface area contributed by atoms with Gasteiger partial charge in [0.25, 0.3) is 0 Å². The molecular formula is C18H17ClFNO4S. The molecule has 1 aliphatic heterocycles. The van der Waals surface area contributed by atoms with Crippen molar-refractivity contribution in [3.63, 3.8) is 0 Å². The molecule has 1 saturated heterocycles. The molecule has 0 spiro atoms. The Balaban J connectivity index is 1.90. The fourth-order valence-corrected chi connectivity index (χ4v) is 4.54. The van der Waals surface area contributed by atoms with Crippen molar-refractivity contribution in [3.05, 3.63) is 58.9 Å². The number of sulfonamides is 1. The average molecular weight is 398 g/mol. The number of para-hydroxylation sites is 1. The summed E-state index contributed by atoms with van der Waals surface area (Å²) in [5, 5.41) is 0.240. The van der Waals surface area contributed by atoms with Crippen LogP contribution in [0.1, 0.15) is 29.6 Å². The lowest BCUT2D eigenvalue weighted by Gasteiger charge is -2.26. The molecule has 1 heterocycles. The van der Waals surface area contributed by atoms with Crippen molar-refractivity contribution in [2.45, 2.75) is 24.2 Å². The van der Waals surface area contributed by atoms with E-state index in [1.165, 1.54) is 16.4 Å². The third kappa shape index (κ3) is 3.90. The Kier molecular flexibility index (Phi) is 5.60. The van der Waals surface area contributed by atoms with Gasteiger partial charge in [-0.1, -0.05) is 30.2 Å². The first kappa shape index (κ1) is 18.8. The fraction of sp³-hybridized carbons (Fsp3) is 0.278. The van der Waals surface area contributed by atoms with Gasteiger partial charge in [0.15, 0.2) is 0 Å². The Morgan fingerprint density at radius 2 is 1.77 bits per heavy atom. The number of piperidine rings is 1. The number of halogens is 2. The quantitative estimate of drug-likeness (QED) is 0.580. The molecule has 2 aromatic rings. The van der Waals surface area contributed by atoms with Gasteiger partial charge in [-0.15, -0.1) is 0 Å². The topological polar surface area (TPSA) is 63.7 Å². The maximum absolute atomic E-state index is 14.2.